The molecule has 4 heteroatoms. The number of carbonyl (C=O) groups excluding carboxylic acids is 1. The number of hydrogen-bond acceptors (Lipinski definition) is 3. The molecule has 0 aliphatic heterocycles. The topological polar surface area (TPSA) is 64.3 Å². The van der Waals surface area contributed by atoms with Gasteiger partial charge in [0.15, 0.2) is 6.61 Å². The summed E-state index contributed by atoms with van der Waals surface area (Å²) in [6, 6.07) is 7.92. The van der Waals surface area contributed by atoms with Crippen molar-refractivity contribution in [3.05, 3.63) is 29.8 Å². The minimum Gasteiger partial charge on any atom is -0.483 e. The lowest BCUT2D eigenvalue weighted by atomic mass is 9.86. The molecule has 0 radical (unpaired) electrons. The maximum absolute atomic E-state index is 11.7. The Kier molecular flexibility index (Phi) is 6.02. The van der Waals surface area contributed by atoms with Crippen molar-refractivity contribution in [2.75, 3.05) is 13.2 Å². The highest BCUT2D eigenvalue weighted by Crippen LogP contribution is 2.30. The van der Waals surface area contributed by atoms with Crippen LogP contribution in [0.1, 0.15) is 39.7 Å². The molecule has 0 saturated carbocycles. The van der Waals surface area contributed by atoms with Gasteiger partial charge in [-0.2, -0.15) is 0 Å². The van der Waals surface area contributed by atoms with Crippen molar-refractivity contribution in [1.29, 1.82) is 0 Å². The van der Waals surface area contributed by atoms with E-state index in [1.54, 1.807) is 0 Å². The van der Waals surface area contributed by atoms with Gasteiger partial charge in [-0.1, -0.05) is 39.0 Å². The van der Waals surface area contributed by atoms with Crippen molar-refractivity contribution in [2.45, 2.75) is 45.6 Å². The summed E-state index contributed by atoms with van der Waals surface area (Å²) in [5.41, 5.74) is 6.72. The first-order valence-corrected chi connectivity index (χ1v) is 7.05. The number of amides is 1. The molecule has 0 saturated heterocycles. The molecule has 0 bridgehead atoms. The molecule has 0 aromatic heterocycles. The van der Waals surface area contributed by atoms with Crippen LogP contribution < -0.4 is 15.8 Å². The number of rotatable bonds is 6. The quantitative estimate of drug-likeness (QED) is 0.838. The van der Waals surface area contributed by atoms with E-state index < -0.39 is 0 Å². The van der Waals surface area contributed by atoms with Crippen molar-refractivity contribution >= 4 is 5.91 Å². The Morgan fingerprint density at radius 1 is 1.35 bits per heavy atom. The van der Waals surface area contributed by atoms with Gasteiger partial charge in [0.1, 0.15) is 5.75 Å². The Morgan fingerprint density at radius 2 is 2.00 bits per heavy atom. The molecular weight excluding hydrogens is 252 g/mol. The van der Waals surface area contributed by atoms with Crippen LogP contribution in [0.25, 0.3) is 0 Å². The van der Waals surface area contributed by atoms with Gasteiger partial charge in [0.25, 0.3) is 5.91 Å². The maximum Gasteiger partial charge on any atom is 0.257 e. The Balaban J connectivity index is 2.52. The molecule has 20 heavy (non-hydrogen) atoms. The predicted molar refractivity (Wildman–Crippen MR) is 81.9 cm³/mol. The SMILES string of the molecule is CC(N)CCNC(=O)COc1ccccc1C(C)(C)C. The highest BCUT2D eigenvalue weighted by molar-refractivity contribution is 5.77. The van der Waals surface area contributed by atoms with E-state index in [1.165, 1.54) is 0 Å². The molecule has 0 aliphatic rings. The number of carbonyl (C=O) groups is 1. The third-order valence-corrected chi connectivity index (χ3v) is 2.98. The second-order valence-corrected chi connectivity index (χ2v) is 6.15. The Morgan fingerprint density at radius 3 is 2.60 bits per heavy atom. The third-order valence-electron chi connectivity index (χ3n) is 2.98. The first kappa shape index (κ1) is 16.5. The molecule has 0 fully saturated rings. The first-order valence-electron chi connectivity index (χ1n) is 7.05. The average molecular weight is 278 g/mol. The number of nitrogens with two attached hydrogens (primary N) is 1. The zero-order valence-electron chi connectivity index (χ0n) is 12.9. The maximum atomic E-state index is 11.7. The molecule has 3 N–H and O–H groups in total. The molecular formula is C16H26N2O2. The number of nitrogens with one attached hydrogen (secondary N) is 1. The summed E-state index contributed by atoms with van der Waals surface area (Å²) < 4.78 is 5.64. The normalized spacial score (nSPS) is 12.8. The average Bonchev–Trinajstić information content (AvgIpc) is 2.35. The van der Waals surface area contributed by atoms with Gasteiger partial charge in [-0.05, 0) is 30.4 Å². The summed E-state index contributed by atoms with van der Waals surface area (Å²) in [7, 11) is 0. The third kappa shape index (κ3) is 5.61. The van der Waals surface area contributed by atoms with E-state index in [0.717, 1.165) is 17.7 Å². The standard InChI is InChI=1S/C16H26N2O2/c1-12(17)9-10-18-15(19)11-20-14-8-6-5-7-13(14)16(2,3)4/h5-8,12H,9-11,17H2,1-4H3,(H,18,19). The fraction of sp³-hybridized carbons (Fsp3) is 0.562. The van der Waals surface area contributed by atoms with Gasteiger partial charge in [-0.25, -0.2) is 0 Å². The molecule has 0 aliphatic carbocycles. The Hall–Kier alpha value is -1.55. The second kappa shape index (κ2) is 7.29. The van der Waals surface area contributed by atoms with Crippen LogP contribution in [0.3, 0.4) is 0 Å². The van der Waals surface area contributed by atoms with Crippen LogP contribution in [0.15, 0.2) is 24.3 Å². The number of para-hydroxylation sites is 1. The molecule has 112 valence electrons. The summed E-state index contributed by atoms with van der Waals surface area (Å²) in [5, 5.41) is 2.80. The van der Waals surface area contributed by atoms with Crippen LogP contribution in [0, 0.1) is 0 Å². The summed E-state index contributed by atoms with van der Waals surface area (Å²) in [4.78, 5) is 11.7. The van der Waals surface area contributed by atoms with Gasteiger partial charge in [-0.15, -0.1) is 0 Å². The van der Waals surface area contributed by atoms with Crippen molar-refractivity contribution in [1.82, 2.24) is 5.32 Å². The van der Waals surface area contributed by atoms with E-state index in [4.69, 9.17) is 10.5 Å². The highest BCUT2D eigenvalue weighted by Gasteiger charge is 2.18. The summed E-state index contributed by atoms with van der Waals surface area (Å²) in [6.45, 7) is 8.91. The molecule has 0 heterocycles. The van der Waals surface area contributed by atoms with Gasteiger partial charge < -0.3 is 15.8 Å². The molecule has 0 spiro atoms. The van der Waals surface area contributed by atoms with Crippen LogP contribution in [0.4, 0.5) is 0 Å². The van der Waals surface area contributed by atoms with E-state index in [1.807, 2.05) is 31.2 Å². The van der Waals surface area contributed by atoms with Crippen molar-refractivity contribution in [2.24, 2.45) is 5.73 Å². The van der Waals surface area contributed by atoms with E-state index in [-0.39, 0.29) is 24.0 Å². The van der Waals surface area contributed by atoms with Crippen molar-refractivity contribution in [3.63, 3.8) is 0 Å². The smallest absolute Gasteiger partial charge is 0.257 e. The van der Waals surface area contributed by atoms with E-state index >= 15 is 0 Å². The van der Waals surface area contributed by atoms with Crippen LogP contribution >= 0.6 is 0 Å². The van der Waals surface area contributed by atoms with Crippen molar-refractivity contribution < 1.29 is 9.53 Å². The van der Waals surface area contributed by atoms with Crippen LogP contribution in [0.5, 0.6) is 5.75 Å². The number of ether oxygens (including phenoxy) is 1. The van der Waals surface area contributed by atoms with E-state index in [0.29, 0.717) is 6.54 Å². The lowest BCUT2D eigenvalue weighted by Crippen LogP contribution is -2.32. The van der Waals surface area contributed by atoms with Gasteiger partial charge in [0.05, 0.1) is 0 Å². The fourth-order valence-electron chi connectivity index (χ4n) is 1.85. The molecule has 1 amide bonds. The molecule has 1 aromatic carbocycles. The zero-order chi connectivity index (χ0) is 15.2. The van der Waals surface area contributed by atoms with Crippen LogP contribution in [-0.4, -0.2) is 25.1 Å². The van der Waals surface area contributed by atoms with E-state index in [2.05, 4.69) is 26.1 Å². The fourth-order valence-corrected chi connectivity index (χ4v) is 1.85. The highest BCUT2D eigenvalue weighted by atomic mass is 16.5. The van der Waals surface area contributed by atoms with Crippen LogP contribution in [0.2, 0.25) is 0 Å². The van der Waals surface area contributed by atoms with Gasteiger partial charge >= 0.3 is 0 Å². The number of hydrogen-bond donors (Lipinski definition) is 2. The molecule has 1 aromatic rings. The summed E-state index contributed by atoms with van der Waals surface area (Å²) in [5.74, 6) is 0.650. The summed E-state index contributed by atoms with van der Waals surface area (Å²) >= 11 is 0. The minimum atomic E-state index is -0.116. The largest absolute Gasteiger partial charge is 0.483 e. The molecule has 4 nitrogen and oxygen atoms in total. The predicted octanol–water partition coefficient (Wildman–Crippen LogP) is 2.22. The molecule has 1 atom stereocenters. The van der Waals surface area contributed by atoms with E-state index in [9.17, 15) is 4.79 Å². The van der Waals surface area contributed by atoms with Gasteiger partial charge in [-0.3, -0.25) is 4.79 Å². The molecule has 1 unspecified atom stereocenters. The van der Waals surface area contributed by atoms with Gasteiger partial charge in [0, 0.05) is 12.6 Å². The minimum absolute atomic E-state index is 0.0119. The van der Waals surface area contributed by atoms with Crippen LogP contribution in [-0.2, 0) is 10.2 Å². The lowest BCUT2D eigenvalue weighted by molar-refractivity contribution is -0.123. The van der Waals surface area contributed by atoms with Crippen molar-refractivity contribution in [3.8, 4) is 5.75 Å². The Labute approximate surface area is 121 Å². The first-order chi connectivity index (χ1) is 9.30. The van der Waals surface area contributed by atoms with Gasteiger partial charge in [0.2, 0.25) is 0 Å². The molecule has 1 rings (SSSR count). The number of benzene rings is 1. The monoisotopic (exact) mass is 278 g/mol. The second-order valence-electron chi connectivity index (χ2n) is 6.15. The lowest BCUT2D eigenvalue weighted by Gasteiger charge is -2.22. The summed E-state index contributed by atoms with van der Waals surface area (Å²) in [6.07, 6.45) is 0.768. The Bertz CT molecular complexity index is 436. The zero-order valence-corrected chi connectivity index (χ0v) is 12.9.